The molecule has 1 aromatic rings. The van der Waals surface area contributed by atoms with Gasteiger partial charge in [-0.25, -0.2) is 8.78 Å². The van der Waals surface area contributed by atoms with Crippen molar-refractivity contribution in [3.63, 3.8) is 0 Å². The molecular formula is C14H17F2NO. The zero-order valence-corrected chi connectivity index (χ0v) is 10.2. The van der Waals surface area contributed by atoms with E-state index in [1.165, 1.54) is 12.1 Å². The van der Waals surface area contributed by atoms with Crippen LogP contribution in [0, 0.1) is 17.6 Å². The molecule has 2 unspecified atom stereocenters. The lowest BCUT2D eigenvalue weighted by Crippen LogP contribution is -2.32. The van der Waals surface area contributed by atoms with Crippen LogP contribution in [0.25, 0.3) is 0 Å². The lowest BCUT2D eigenvalue weighted by atomic mass is 9.82. The maximum atomic E-state index is 13.0. The topological polar surface area (TPSA) is 43.1 Å². The first-order valence-electron chi connectivity index (χ1n) is 6.28. The van der Waals surface area contributed by atoms with E-state index in [0.29, 0.717) is 12.0 Å². The molecule has 0 amide bonds. The van der Waals surface area contributed by atoms with Crippen LogP contribution in [0.4, 0.5) is 8.78 Å². The van der Waals surface area contributed by atoms with Gasteiger partial charge >= 0.3 is 0 Å². The quantitative estimate of drug-likeness (QED) is 0.899. The smallest absolute Gasteiger partial charge is 0.140 e. The number of hydrogen-bond donors (Lipinski definition) is 1. The lowest BCUT2D eigenvalue weighted by Gasteiger charge is -2.25. The van der Waals surface area contributed by atoms with Gasteiger partial charge in [0.15, 0.2) is 0 Å². The molecule has 1 aliphatic carbocycles. The fourth-order valence-electron chi connectivity index (χ4n) is 2.58. The van der Waals surface area contributed by atoms with Crippen molar-refractivity contribution in [1.29, 1.82) is 0 Å². The molecule has 0 bridgehead atoms. The maximum absolute atomic E-state index is 13.0. The number of carbonyl (C=O) groups excluding carboxylic acids is 1. The summed E-state index contributed by atoms with van der Waals surface area (Å²) < 4.78 is 26.0. The summed E-state index contributed by atoms with van der Waals surface area (Å²) in [5.74, 6) is -1.30. The van der Waals surface area contributed by atoms with E-state index in [4.69, 9.17) is 5.73 Å². The second-order valence-electron chi connectivity index (χ2n) is 5.04. The second kappa shape index (κ2) is 5.57. The normalized spacial score (nSPS) is 23.9. The van der Waals surface area contributed by atoms with E-state index in [1.54, 1.807) is 0 Å². The monoisotopic (exact) mass is 253 g/mol. The van der Waals surface area contributed by atoms with Gasteiger partial charge in [0.2, 0.25) is 0 Å². The highest BCUT2D eigenvalue weighted by atomic mass is 19.1. The molecule has 0 spiro atoms. The van der Waals surface area contributed by atoms with E-state index in [0.717, 1.165) is 25.3 Å². The molecule has 4 heteroatoms. The minimum atomic E-state index is -0.641. The van der Waals surface area contributed by atoms with Crippen molar-refractivity contribution >= 4 is 5.78 Å². The summed E-state index contributed by atoms with van der Waals surface area (Å²) in [5, 5.41) is 0. The molecule has 0 radical (unpaired) electrons. The Labute approximate surface area is 105 Å². The van der Waals surface area contributed by atoms with Crippen molar-refractivity contribution in [1.82, 2.24) is 0 Å². The molecule has 1 aliphatic rings. The van der Waals surface area contributed by atoms with E-state index < -0.39 is 11.6 Å². The first kappa shape index (κ1) is 13.1. The van der Waals surface area contributed by atoms with E-state index in [1.807, 2.05) is 0 Å². The zero-order chi connectivity index (χ0) is 13.1. The molecule has 1 saturated carbocycles. The summed E-state index contributed by atoms with van der Waals surface area (Å²) in [5.41, 5.74) is 6.23. The standard InChI is InChI=1S/C14H17F2NO/c15-11-4-9(5-12(16)8-11)6-14(18)10-2-1-3-13(17)7-10/h4-5,8,10,13H,1-3,6-7,17H2. The Balaban J connectivity index is 2.02. The highest BCUT2D eigenvalue weighted by Crippen LogP contribution is 2.25. The maximum Gasteiger partial charge on any atom is 0.140 e. The molecule has 1 fully saturated rings. The van der Waals surface area contributed by atoms with Gasteiger partial charge in [-0.2, -0.15) is 0 Å². The number of ketones is 1. The highest BCUT2D eigenvalue weighted by Gasteiger charge is 2.25. The van der Waals surface area contributed by atoms with Gasteiger partial charge in [0.1, 0.15) is 17.4 Å². The number of halogens is 2. The molecule has 18 heavy (non-hydrogen) atoms. The van der Waals surface area contributed by atoms with Gasteiger partial charge in [0.25, 0.3) is 0 Å². The van der Waals surface area contributed by atoms with E-state index in [9.17, 15) is 13.6 Å². The van der Waals surface area contributed by atoms with Crippen LogP contribution in [0.2, 0.25) is 0 Å². The van der Waals surface area contributed by atoms with Gasteiger partial charge in [-0.15, -0.1) is 0 Å². The number of Topliss-reactive ketones (excluding diaryl/α,β-unsaturated/α-hetero) is 1. The number of nitrogens with two attached hydrogens (primary N) is 1. The Morgan fingerprint density at radius 3 is 2.50 bits per heavy atom. The molecule has 2 N–H and O–H groups in total. The zero-order valence-electron chi connectivity index (χ0n) is 10.2. The van der Waals surface area contributed by atoms with E-state index in [-0.39, 0.29) is 24.2 Å². The van der Waals surface area contributed by atoms with Crippen LogP contribution in [0.3, 0.4) is 0 Å². The molecule has 2 rings (SSSR count). The molecule has 1 aromatic carbocycles. The van der Waals surface area contributed by atoms with Crippen molar-refractivity contribution < 1.29 is 13.6 Å². The fourth-order valence-corrected chi connectivity index (χ4v) is 2.58. The Kier molecular flexibility index (Phi) is 4.07. The largest absolute Gasteiger partial charge is 0.328 e. The highest BCUT2D eigenvalue weighted by molar-refractivity contribution is 5.83. The summed E-state index contributed by atoms with van der Waals surface area (Å²) in [7, 11) is 0. The number of rotatable bonds is 3. The SMILES string of the molecule is NC1CCCC(C(=O)Cc2cc(F)cc(F)c2)C1. The van der Waals surface area contributed by atoms with Gasteiger partial charge in [0.05, 0.1) is 0 Å². The molecule has 2 nitrogen and oxygen atoms in total. The molecule has 98 valence electrons. The fraction of sp³-hybridized carbons (Fsp3) is 0.500. The molecule has 0 aromatic heterocycles. The Bertz CT molecular complexity index is 427. The summed E-state index contributed by atoms with van der Waals surface area (Å²) in [6.45, 7) is 0. The predicted octanol–water partition coefficient (Wildman–Crippen LogP) is 2.59. The number of benzene rings is 1. The molecule has 0 saturated heterocycles. The average molecular weight is 253 g/mol. The van der Waals surface area contributed by atoms with Crippen LogP contribution in [0.15, 0.2) is 18.2 Å². The first-order chi connectivity index (χ1) is 8.54. The summed E-state index contributed by atoms with van der Waals surface area (Å²) in [4.78, 5) is 12.0. The Morgan fingerprint density at radius 2 is 1.89 bits per heavy atom. The van der Waals surface area contributed by atoms with Gasteiger partial charge in [-0.3, -0.25) is 4.79 Å². The third-order valence-electron chi connectivity index (χ3n) is 3.47. The van der Waals surface area contributed by atoms with Crippen molar-refractivity contribution in [2.45, 2.75) is 38.1 Å². The van der Waals surface area contributed by atoms with Crippen molar-refractivity contribution in [2.75, 3.05) is 0 Å². The summed E-state index contributed by atoms with van der Waals surface area (Å²) >= 11 is 0. The lowest BCUT2D eigenvalue weighted by molar-refractivity contribution is -0.123. The molecule has 2 atom stereocenters. The Morgan fingerprint density at radius 1 is 1.22 bits per heavy atom. The molecule has 0 aliphatic heterocycles. The van der Waals surface area contributed by atoms with Crippen molar-refractivity contribution in [3.8, 4) is 0 Å². The van der Waals surface area contributed by atoms with E-state index >= 15 is 0 Å². The van der Waals surface area contributed by atoms with Crippen LogP contribution in [0.1, 0.15) is 31.2 Å². The van der Waals surface area contributed by atoms with E-state index in [2.05, 4.69) is 0 Å². The predicted molar refractivity (Wildman–Crippen MR) is 65.0 cm³/mol. The van der Waals surface area contributed by atoms with Crippen LogP contribution in [0.5, 0.6) is 0 Å². The van der Waals surface area contributed by atoms with Gasteiger partial charge in [0, 0.05) is 24.4 Å². The van der Waals surface area contributed by atoms with Crippen LogP contribution in [-0.2, 0) is 11.2 Å². The van der Waals surface area contributed by atoms with Gasteiger partial charge in [-0.05, 0) is 37.0 Å². The minimum absolute atomic E-state index is 0.0372. The molecule has 0 heterocycles. The minimum Gasteiger partial charge on any atom is -0.328 e. The van der Waals surface area contributed by atoms with Crippen molar-refractivity contribution in [3.05, 3.63) is 35.4 Å². The van der Waals surface area contributed by atoms with Gasteiger partial charge < -0.3 is 5.73 Å². The Hall–Kier alpha value is -1.29. The number of carbonyl (C=O) groups is 1. The summed E-state index contributed by atoms with van der Waals surface area (Å²) in [6, 6.07) is 3.31. The van der Waals surface area contributed by atoms with Crippen LogP contribution in [-0.4, -0.2) is 11.8 Å². The third-order valence-corrected chi connectivity index (χ3v) is 3.47. The number of hydrogen-bond acceptors (Lipinski definition) is 2. The summed E-state index contributed by atoms with van der Waals surface area (Å²) in [6.07, 6.45) is 3.53. The second-order valence-corrected chi connectivity index (χ2v) is 5.04. The first-order valence-corrected chi connectivity index (χ1v) is 6.28. The van der Waals surface area contributed by atoms with Gasteiger partial charge in [-0.1, -0.05) is 6.42 Å². The third kappa shape index (κ3) is 3.35. The average Bonchev–Trinajstić information content (AvgIpc) is 2.27. The van der Waals surface area contributed by atoms with Crippen LogP contribution < -0.4 is 5.73 Å². The molecular weight excluding hydrogens is 236 g/mol. The van der Waals surface area contributed by atoms with Crippen molar-refractivity contribution in [2.24, 2.45) is 11.7 Å². The van der Waals surface area contributed by atoms with Crippen LogP contribution >= 0.6 is 0 Å².